The van der Waals surface area contributed by atoms with Crippen molar-refractivity contribution < 1.29 is 14.3 Å². The van der Waals surface area contributed by atoms with Crippen LogP contribution in [0.4, 0.5) is 5.69 Å². The summed E-state index contributed by atoms with van der Waals surface area (Å²) in [7, 11) is 0. The number of esters is 1. The van der Waals surface area contributed by atoms with E-state index in [1.807, 2.05) is 42.6 Å². The van der Waals surface area contributed by atoms with Crippen LogP contribution in [0.2, 0.25) is 0 Å². The van der Waals surface area contributed by atoms with Crippen LogP contribution in [-0.4, -0.2) is 29.5 Å². The van der Waals surface area contributed by atoms with E-state index in [2.05, 4.69) is 17.1 Å². The van der Waals surface area contributed by atoms with E-state index in [0.717, 1.165) is 22.9 Å². The number of anilines is 1. The number of nitrogens with zero attached hydrogens (tertiary/aromatic N) is 2. The zero-order valence-electron chi connectivity index (χ0n) is 17.0. The predicted octanol–water partition coefficient (Wildman–Crippen LogP) is 4.37. The van der Waals surface area contributed by atoms with Crippen molar-refractivity contribution in [2.75, 3.05) is 11.4 Å². The molecule has 0 saturated heterocycles. The van der Waals surface area contributed by atoms with Crippen molar-refractivity contribution in [3.8, 4) is 6.07 Å². The third-order valence-electron chi connectivity index (χ3n) is 4.94. The summed E-state index contributed by atoms with van der Waals surface area (Å²) in [5, 5.41) is 10.1. The normalized spacial score (nSPS) is 11.6. The number of hydrogen-bond donors (Lipinski definition) is 1. The number of nitriles is 1. The average Bonchev–Trinajstić information content (AvgIpc) is 3.18. The van der Waals surface area contributed by atoms with Gasteiger partial charge < -0.3 is 14.6 Å². The largest absolute Gasteiger partial charge is 0.453 e. The SMILES string of the molecule is CC(OC(=O)CCCc1c[nH]c2ccccc12)C(=O)N(CCC#N)c1ccccc1. The number of ether oxygens (including phenoxy) is 1. The molecule has 3 aromatic rings. The number of aromatic nitrogens is 1. The zero-order valence-corrected chi connectivity index (χ0v) is 17.0. The standard InChI is InChI=1S/C24H25N3O3/c1-18(24(29)27(16-8-15-25)20-10-3-2-4-11-20)30-23(28)14-7-9-19-17-26-22-13-6-5-12-21(19)22/h2-6,10-13,17-18,26H,7-9,14,16H2,1H3. The number of fused-ring (bicyclic) bond motifs is 1. The molecule has 0 aliphatic rings. The van der Waals surface area contributed by atoms with Gasteiger partial charge in [0, 0.05) is 35.8 Å². The molecule has 1 heterocycles. The molecule has 30 heavy (non-hydrogen) atoms. The Hall–Kier alpha value is -3.59. The second-order valence-electron chi connectivity index (χ2n) is 7.08. The van der Waals surface area contributed by atoms with Gasteiger partial charge in [-0.2, -0.15) is 5.26 Å². The Balaban J connectivity index is 1.53. The molecule has 1 amide bonds. The van der Waals surface area contributed by atoms with Crippen LogP contribution in [-0.2, 0) is 20.7 Å². The lowest BCUT2D eigenvalue weighted by molar-refractivity contribution is -0.154. The van der Waals surface area contributed by atoms with Gasteiger partial charge in [0.1, 0.15) is 0 Å². The third-order valence-corrected chi connectivity index (χ3v) is 4.94. The van der Waals surface area contributed by atoms with Crippen LogP contribution in [0, 0.1) is 11.3 Å². The number of hydrogen-bond acceptors (Lipinski definition) is 4. The molecule has 6 heteroatoms. The average molecular weight is 403 g/mol. The molecule has 2 aromatic carbocycles. The van der Waals surface area contributed by atoms with Gasteiger partial charge in [0.2, 0.25) is 0 Å². The van der Waals surface area contributed by atoms with Crippen LogP contribution < -0.4 is 4.90 Å². The number of aryl methyl sites for hydroxylation is 1. The Kier molecular flexibility index (Phi) is 7.23. The van der Waals surface area contributed by atoms with Crippen LogP contribution in [0.15, 0.2) is 60.8 Å². The fourth-order valence-electron chi connectivity index (χ4n) is 3.42. The number of aromatic amines is 1. The fraction of sp³-hybridized carbons (Fsp3) is 0.292. The maximum absolute atomic E-state index is 12.8. The fourth-order valence-corrected chi connectivity index (χ4v) is 3.42. The molecule has 0 radical (unpaired) electrons. The number of rotatable bonds is 9. The van der Waals surface area contributed by atoms with Gasteiger partial charge in [-0.15, -0.1) is 0 Å². The van der Waals surface area contributed by atoms with Crippen LogP contribution in [0.25, 0.3) is 10.9 Å². The highest BCUT2D eigenvalue weighted by atomic mass is 16.5. The Morgan fingerprint density at radius 3 is 2.63 bits per heavy atom. The van der Waals surface area contributed by atoms with Gasteiger partial charge in [-0.3, -0.25) is 9.59 Å². The van der Waals surface area contributed by atoms with Crippen molar-refractivity contribution >= 4 is 28.5 Å². The summed E-state index contributed by atoms with van der Waals surface area (Å²) >= 11 is 0. The van der Waals surface area contributed by atoms with Crippen molar-refractivity contribution in [1.29, 1.82) is 5.26 Å². The van der Waals surface area contributed by atoms with Crippen LogP contribution >= 0.6 is 0 Å². The summed E-state index contributed by atoms with van der Waals surface area (Å²) in [5.41, 5.74) is 2.92. The molecule has 0 spiro atoms. The summed E-state index contributed by atoms with van der Waals surface area (Å²) < 4.78 is 5.38. The first-order chi connectivity index (χ1) is 14.6. The molecule has 1 N–H and O–H groups in total. The first kappa shape index (κ1) is 21.1. The highest BCUT2D eigenvalue weighted by molar-refractivity contribution is 5.97. The van der Waals surface area contributed by atoms with Crippen molar-refractivity contribution in [1.82, 2.24) is 4.98 Å². The Labute approximate surface area is 176 Å². The third kappa shape index (κ3) is 5.26. The maximum Gasteiger partial charge on any atom is 0.306 e. The number of H-pyrrole nitrogens is 1. The zero-order chi connectivity index (χ0) is 21.3. The van der Waals surface area contributed by atoms with E-state index < -0.39 is 12.1 Å². The molecule has 0 saturated carbocycles. The van der Waals surface area contributed by atoms with Gasteiger partial charge >= 0.3 is 5.97 Å². The van der Waals surface area contributed by atoms with Crippen LogP contribution in [0.5, 0.6) is 0 Å². The topological polar surface area (TPSA) is 86.2 Å². The van der Waals surface area contributed by atoms with E-state index in [0.29, 0.717) is 12.1 Å². The minimum absolute atomic E-state index is 0.200. The molecule has 0 aliphatic heterocycles. The molecule has 1 unspecified atom stereocenters. The van der Waals surface area contributed by atoms with E-state index in [1.165, 1.54) is 4.90 Å². The lowest BCUT2D eigenvalue weighted by Crippen LogP contribution is -2.40. The molecular weight excluding hydrogens is 378 g/mol. The second-order valence-corrected chi connectivity index (χ2v) is 7.08. The summed E-state index contributed by atoms with van der Waals surface area (Å²) in [6.07, 6.45) is 2.88. The van der Waals surface area contributed by atoms with E-state index >= 15 is 0 Å². The van der Waals surface area contributed by atoms with Gasteiger partial charge in [-0.05, 0) is 43.5 Å². The Morgan fingerprint density at radius 2 is 1.87 bits per heavy atom. The van der Waals surface area contributed by atoms with Crippen molar-refractivity contribution in [2.24, 2.45) is 0 Å². The summed E-state index contributed by atoms with van der Waals surface area (Å²) in [4.78, 5) is 29.8. The molecule has 1 atom stereocenters. The van der Waals surface area contributed by atoms with Gasteiger partial charge in [0.15, 0.2) is 6.10 Å². The van der Waals surface area contributed by atoms with Gasteiger partial charge in [0.05, 0.1) is 12.5 Å². The maximum atomic E-state index is 12.8. The molecule has 6 nitrogen and oxygen atoms in total. The highest BCUT2D eigenvalue weighted by Gasteiger charge is 2.24. The quantitative estimate of drug-likeness (QED) is 0.538. The Bertz CT molecular complexity index is 1040. The highest BCUT2D eigenvalue weighted by Crippen LogP contribution is 2.20. The lowest BCUT2D eigenvalue weighted by atomic mass is 10.1. The van der Waals surface area contributed by atoms with Gasteiger partial charge in [-0.1, -0.05) is 36.4 Å². The number of amides is 1. The van der Waals surface area contributed by atoms with Crippen molar-refractivity contribution in [2.45, 2.75) is 38.7 Å². The minimum Gasteiger partial charge on any atom is -0.453 e. The smallest absolute Gasteiger partial charge is 0.306 e. The number of nitrogens with one attached hydrogen (secondary N) is 1. The molecular formula is C24H25N3O3. The molecule has 0 fully saturated rings. The van der Waals surface area contributed by atoms with E-state index in [-0.39, 0.29) is 25.3 Å². The Morgan fingerprint density at radius 1 is 1.13 bits per heavy atom. The van der Waals surface area contributed by atoms with E-state index in [4.69, 9.17) is 10.00 Å². The first-order valence-corrected chi connectivity index (χ1v) is 10.1. The van der Waals surface area contributed by atoms with Crippen molar-refractivity contribution in [3.63, 3.8) is 0 Å². The number of carbonyl (C=O) groups excluding carboxylic acids is 2. The minimum atomic E-state index is -0.913. The molecule has 154 valence electrons. The number of para-hydroxylation sites is 2. The second kappa shape index (κ2) is 10.3. The summed E-state index contributed by atoms with van der Waals surface area (Å²) in [6.45, 7) is 1.82. The molecule has 1 aromatic heterocycles. The first-order valence-electron chi connectivity index (χ1n) is 10.1. The van der Waals surface area contributed by atoms with E-state index in [9.17, 15) is 9.59 Å². The van der Waals surface area contributed by atoms with E-state index in [1.54, 1.807) is 19.1 Å². The number of benzene rings is 2. The molecule has 3 rings (SSSR count). The monoisotopic (exact) mass is 403 g/mol. The number of carbonyl (C=O) groups is 2. The predicted molar refractivity (Wildman–Crippen MR) is 116 cm³/mol. The lowest BCUT2D eigenvalue weighted by Gasteiger charge is -2.25. The summed E-state index contributed by atoms with van der Waals surface area (Å²) in [5.74, 6) is -0.731. The van der Waals surface area contributed by atoms with Gasteiger partial charge in [0.25, 0.3) is 5.91 Å². The molecule has 0 bridgehead atoms. The van der Waals surface area contributed by atoms with Crippen LogP contribution in [0.1, 0.15) is 31.7 Å². The summed E-state index contributed by atoms with van der Waals surface area (Å²) in [6, 6.07) is 19.2. The van der Waals surface area contributed by atoms with Crippen molar-refractivity contribution in [3.05, 3.63) is 66.4 Å². The van der Waals surface area contributed by atoms with Crippen LogP contribution in [0.3, 0.4) is 0 Å². The molecule has 0 aliphatic carbocycles. The van der Waals surface area contributed by atoms with Gasteiger partial charge in [-0.25, -0.2) is 0 Å².